The van der Waals surface area contributed by atoms with Crippen LogP contribution < -0.4 is 24.8 Å². The second-order valence-corrected chi connectivity index (χ2v) is 7.70. The Morgan fingerprint density at radius 3 is 2.16 bits per heavy atom. The number of ether oxygens (including phenoxy) is 4. The Balaban J connectivity index is 1.94. The number of nitrogens with one attached hydrogen (secondary N) is 2. The summed E-state index contributed by atoms with van der Waals surface area (Å²) in [6.07, 6.45) is 0.308. The quantitative estimate of drug-likeness (QED) is 0.591. The highest BCUT2D eigenvalue weighted by Crippen LogP contribution is 2.28. The van der Waals surface area contributed by atoms with Gasteiger partial charge in [0.05, 0.1) is 19.4 Å². The van der Waals surface area contributed by atoms with Gasteiger partial charge in [-0.3, -0.25) is 10.1 Å². The predicted molar refractivity (Wildman–Crippen MR) is 119 cm³/mol. The van der Waals surface area contributed by atoms with Gasteiger partial charge in [-0.05, 0) is 69.7 Å². The van der Waals surface area contributed by atoms with E-state index in [-0.39, 0.29) is 12.5 Å². The summed E-state index contributed by atoms with van der Waals surface area (Å²) in [7, 11) is 1.49. The maximum atomic E-state index is 12.3. The van der Waals surface area contributed by atoms with E-state index in [1.807, 2.05) is 6.92 Å². The minimum absolute atomic E-state index is 0.171. The van der Waals surface area contributed by atoms with Gasteiger partial charge < -0.3 is 24.3 Å². The highest BCUT2D eigenvalue weighted by Gasteiger charge is 2.18. The molecule has 0 heterocycles. The first-order valence-corrected chi connectivity index (χ1v) is 10.0. The zero-order chi connectivity index (χ0) is 22.9. The Bertz CT molecular complexity index is 875. The van der Waals surface area contributed by atoms with Crippen molar-refractivity contribution in [3.63, 3.8) is 0 Å². The summed E-state index contributed by atoms with van der Waals surface area (Å²) in [6, 6.07) is 12.0. The molecule has 0 fully saturated rings. The zero-order valence-electron chi connectivity index (χ0n) is 18.6. The third-order valence-corrected chi connectivity index (χ3v) is 3.79. The summed E-state index contributed by atoms with van der Waals surface area (Å²) in [5.41, 5.74) is 0.211. The van der Waals surface area contributed by atoms with Crippen LogP contribution in [0.15, 0.2) is 42.5 Å². The Kier molecular flexibility index (Phi) is 8.54. The number of carbonyl (C=O) groups excluding carboxylic acids is 2. The van der Waals surface area contributed by atoms with Gasteiger partial charge in [0.25, 0.3) is 5.91 Å². The molecule has 0 saturated heterocycles. The van der Waals surface area contributed by atoms with Gasteiger partial charge >= 0.3 is 6.09 Å². The van der Waals surface area contributed by atoms with Crippen LogP contribution >= 0.6 is 0 Å². The molecule has 0 saturated carbocycles. The molecule has 0 radical (unpaired) electrons. The van der Waals surface area contributed by atoms with Gasteiger partial charge in [-0.1, -0.05) is 6.92 Å². The van der Waals surface area contributed by atoms with E-state index in [4.69, 9.17) is 18.9 Å². The molecule has 0 atom stereocenters. The van der Waals surface area contributed by atoms with Crippen LogP contribution in [0.1, 0.15) is 34.1 Å². The van der Waals surface area contributed by atoms with E-state index in [0.29, 0.717) is 29.5 Å². The summed E-state index contributed by atoms with van der Waals surface area (Å²) in [5, 5.41) is 5.36. The average Bonchev–Trinajstić information content (AvgIpc) is 2.70. The molecule has 2 aromatic rings. The monoisotopic (exact) mass is 430 g/mol. The van der Waals surface area contributed by atoms with Crippen LogP contribution in [0.25, 0.3) is 0 Å². The molecule has 8 heteroatoms. The average molecular weight is 431 g/mol. The highest BCUT2D eigenvalue weighted by atomic mass is 16.6. The molecule has 0 bridgehead atoms. The maximum Gasteiger partial charge on any atom is 0.412 e. The van der Waals surface area contributed by atoms with E-state index in [1.165, 1.54) is 7.11 Å². The first-order chi connectivity index (χ1) is 14.7. The molecular weight excluding hydrogens is 400 g/mol. The predicted octanol–water partition coefficient (Wildman–Crippen LogP) is 4.85. The van der Waals surface area contributed by atoms with Gasteiger partial charge in [-0.2, -0.15) is 0 Å². The molecule has 168 valence electrons. The van der Waals surface area contributed by atoms with Crippen LogP contribution in [0.3, 0.4) is 0 Å². The molecule has 0 aliphatic heterocycles. The minimum atomic E-state index is -0.638. The lowest BCUT2D eigenvalue weighted by Gasteiger charge is -2.20. The first kappa shape index (κ1) is 23.9. The third-order valence-electron chi connectivity index (χ3n) is 3.79. The molecule has 0 spiro atoms. The Labute approximate surface area is 182 Å². The van der Waals surface area contributed by atoms with Crippen molar-refractivity contribution in [2.45, 2.75) is 39.7 Å². The summed E-state index contributed by atoms with van der Waals surface area (Å²) < 4.78 is 21.5. The van der Waals surface area contributed by atoms with Crippen LogP contribution in [0.5, 0.6) is 17.2 Å². The van der Waals surface area contributed by atoms with Gasteiger partial charge in [-0.15, -0.1) is 0 Å². The lowest BCUT2D eigenvalue weighted by Crippen LogP contribution is -2.27. The molecule has 8 nitrogen and oxygen atoms in total. The molecule has 0 aliphatic carbocycles. The smallest absolute Gasteiger partial charge is 0.412 e. The van der Waals surface area contributed by atoms with E-state index < -0.39 is 11.7 Å². The number of methoxy groups -OCH3 is 1. The van der Waals surface area contributed by atoms with E-state index in [0.717, 1.165) is 12.2 Å². The van der Waals surface area contributed by atoms with Crippen molar-refractivity contribution in [2.75, 3.05) is 31.0 Å². The fraction of sp³-hybridized carbons (Fsp3) is 0.391. The van der Waals surface area contributed by atoms with E-state index in [9.17, 15) is 9.59 Å². The van der Waals surface area contributed by atoms with Crippen LogP contribution in [-0.4, -0.2) is 37.9 Å². The normalized spacial score (nSPS) is 10.7. The summed E-state index contributed by atoms with van der Waals surface area (Å²) in [4.78, 5) is 24.3. The Morgan fingerprint density at radius 1 is 0.935 bits per heavy atom. The number of amides is 2. The highest BCUT2D eigenvalue weighted by molar-refractivity contribution is 5.94. The van der Waals surface area contributed by atoms with Crippen molar-refractivity contribution in [1.82, 2.24) is 0 Å². The lowest BCUT2D eigenvalue weighted by molar-refractivity contribution is -0.118. The molecule has 0 aliphatic rings. The van der Waals surface area contributed by atoms with Crippen molar-refractivity contribution in [2.24, 2.45) is 0 Å². The molecule has 2 rings (SSSR count). The fourth-order valence-corrected chi connectivity index (χ4v) is 2.49. The van der Waals surface area contributed by atoms with Crippen molar-refractivity contribution in [3.8, 4) is 17.2 Å². The van der Waals surface area contributed by atoms with Crippen LogP contribution in [0, 0.1) is 0 Å². The number of benzene rings is 2. The van der Waals surface area contributed by atoms with Gasteiger partial charge in [0.1, 0.15) is 22.8 Å². The third kappa shape index (κ3) is 8.46. The number of rotatable bonds is 9. The van der Waals surface area contributed by atoms with Gasteiger partial charge in [0.15, 0.2) is 6.61 Å². The maximum absolute atomic E-state index is 12.3. The largest absolute Gasteiger partial charge is 0.495 e. The molecule has 2 N–H and O–H groups in total. The van der Waals surface area contributed by atoms with Gasteiger partial charge in [-0.25, -0.2) is 4.79 Å². The second kappa shape index (κ2) is 11.1. The minimum Gasteiger partial charge on any atom is -0.495 e. The summed E-state index contributed by atoms with van der Waals surface area (Å²) in [6.45, 7) is 7.82. The van der Waals surface area contributed by atoms with E-state index in [1.54, 1.807) is 63.2 Å². The first-order valence-electron chi connectivity index (χ1n) is 10.0. The molecule has 31 heavy (non-hydrogen) atoms. The fourth-order valence-electron chi connectivity index (χ4n) is 2.49. The number of hydrogen-bond acceptors (Lipinski definition) is 6. The van der Waals surface area contributed by atoms with Crippen LogP contribution in [-0.2, 0) is 9.53 Å². The Hall–Kier alpha value is -3.42. The number of carbonyl (C=O) groups is 2. The SMILES string of the molecule is CCCOc1ccc(OCC(=O)Nc2ccc(OC)c(NC(=O)OC(C)(C)C)c2)cc1. The molecular formula is C23H30N2O6. The standard InChI is InChI=1S/C23H30N2O6/c1-6-13-29-17-8-10-18(11-9-17)30-15-21(26)24-16-7-12-20(28-5)19(14-16)25-22(27)31-23(2,3)4/h7-12,14H,6,13,15H2,1-5H3,(H,24,26)(H,25,27). The number of hydrogen-bond donors (Lipinski definition) is 2. The van der Waals surface area contributed by atoms with Crippen molar-refractivity contribution in [3.05, 3.63) is 42.5 Å². The summed E-state index contributed by atoms with van der Waals surface area (Å²) >= 11 is 0. The second-order valence-electron chi connectivity index (χ2n) is 7.70. The van der Waals surface area contributed by atoms with Crippen LogP contribution in [0.4, 0.5) is 16.2 Å². The Morgan fingerprint density at radius 2 is 1.58 bits per heavy atom. The molecule has 2 aromatic carbocycles. The molecule has 2 amide bonds. The zero-order valence-corrected chi connectivity index (χ0v) is 18.6. The lowest BCUT2D eigenvalue weighted by atomic mass is 10.2. The van der Waals surface area contributed by atoms with Gasteiger partial charge in [0.2, 0.25) is 0 Å². The van der Waals surface area contributed by atoms with Crippen molar-refractivity contribution >= 4 is 23.4 Å². The van der Waals surface area contributed by atoms with E-state index >= 15 is 0 Å². The topological polar surface area (TPSA) is 95.1 Å². The number of anilines is 2. The van der Waals surface area contributed by atoms with Crippen LogP contribution in [0.2, 0.25) is 0 Å². The van der Waals surface area contributed by atoms with Crippen molar-refractivity contribution < 1.29 is 28.5 Å². The van der Waals surface area contributed by atoms with E-state index in [2.05, 4.69) is 10.6 Å². The molecule has 0 aromatic heterocycles. The molecule has 0 unspecified atom stereocenters. The summed E-state index contributed by atoms with van der Waals surface area (Å²) in [5.74, 6) is 1.40. The van der Waals surface area contributed by atoms with Gasteiger partial charge in [0, 0.05) is 5.69 Å². The van der Waals surface area contributed by atoms with Crippen molar-refractivity contribution in [1.29, 1.82) is 0 Å².